The molecule has 16 heavy (non-hydrogen) atoms. The van der Waals surface area contributed by atoms with Gasteiger partial charge in [0.25, 0.3) is 0 Å². The Morgan fingerprint density at radius 1 is 1.44 bits per heavy atom. The third kappa shape index (κ3) is 3.81. The second-order valence-electron chi connectivity index (χ2n) is 3.39. The SMILES string of the molecule is CCNC(=S)NC(C)c1ccc(Cl)cc1Cl. The van der Waals surface area contributed by atoms with Gasteiger partial charge >= 0.3 is 0 Å². The van der Waals surface area contributed by atoms with Gasteiger partial charge < -0.3 is 10.6 Å². The Morgan fingerprint density at radius 3 is 2.69 bits per heavy atom. The molecule has 0 saturated heterocycles. The van der Waals surface area contributed by atoms with Gasteiger partial charge in [-0.2, -0.15) is 0 Å². The molecule has 1 atom stereocenters. The maximum absolute atomic E-state index is 6.10. The van der Waals surface area contributed by atoms with Crippen molar-refractivity contribution in [1.82, 2.24) is 10.6 Å². The molecule has 0 heterocycles. The Hall–Kier alpha value is -0.510. The van der Waals surface area contributed by atoms with E-state index in [0.29, 0.717) is 15.2 Å². The lowest BCUT2D eigenvalue weighted by molar-refractivity contribution is 0.702. The Labute approximate surface area is 111 Å². The second-order valence-corrected chi connectivity index (χ2v) is 4.64. The average molecular weight is 277 g/mol. The molecule has 0 saturated carbocycles. The van der Waals surface area contributed by atoms with Crippen LogP contribution in [0.4, 0.5) is 0 Å². The number of hydrogen-bond acceptors (Lipinski definition) is 1. The van der Waals surface area contributed by atoms with Gasteiger partial charge in [-0.1, -0.05) is 29.3 Å². The molecule has 0 aliphatic heterocycles. The molecule has 1 rings (SSSR count). The number of nitrogens with one attached hydrogen (secondary N) is 2. The van der Waals surface area contributed by atoms with E-state index in [-0.39, 0.29) is 6.04 Å². The van der Waals surface area contributed by atoms with Crippen molar-refractivity contribution in [3.63, 3.8) is 0 Å². The monoisotopic (exact) mass is 276 g/mol. The first-order chi connectivity index (χ1) is 7.54. The molecule has 2 N–H and O–H groups in total. The summed E-state index contributed by atoms with van der Waals surface area (Å²) in [6.07, 6.45) is 0. The van der Waals surface area contributed by atoms with Crippen LogP contribution in [-0.4, -0.2) is 11.7 Å². The summed E-state index contributed by atoms with van der Waals surface area (Å²) in [4.78, 5) is 0. The molecule has 0 spiro atoms. The normalized spacial score (nSPS) is 12.0. The highest BCUT2D eigenvalue weighted by atomic mass is 35.5. The van der Waals surface area contributed by atoms with Crippen molar-refractivity contribution in [2.24, 2.45) is 0 Å². The molecule has 5 heteroatoms. The molecular weight excluding hydrogens is 263 g/mol. The number of benzene rings is 1. The molecule has 1 aromatic carbocycles. The van der Waals surface area contributed by atoms with Crippen LogP contribution in [0.25, 0.3) is 0 Å². The number of thiocarbonyl (C=S) groups is 1. The van der Waals surface area contributed by atoms with Crippen LogP contribution in [0.15, 0.2) is 18.2 Å². The first kappa shape index (κ1) is 13.6. The molecule has 1 unspecified atom stereocenters. The van der Waals surface area contributed by atoms with Crippen LogP contribution in [0.2, 0.25) is 10.0 Å². The van der Waals surface area contributed by atoms with Crippen LogP contribution < -0.4 is 10.6 Å². The van der Waals surface area contributed by atoms with E-state index in [4.69, 9.17) is 35.4 Å². The summed E-state index contributed by atoms with van der Waals surface area (Å²) in [7, 11) is 0. The second kappa shape index (κ2) is 6.28. The molecule has 0 bridgehead atoms. The van der Waals surface area contributed by atoms with E-state index in [1.807, 2.05) is 26.0 Å². The maximum Gasteiger partial charge on any atom is 0.166 e. The van der Waals surface area contributed by atoms with Gasteiger partial charge in [-0.3, -0.25) is 0 Å². The van der Waals surface area contributed by atoms with E-state index in [1.54, 1.807) is 6.07 Å². The van der Waals surface area contributed by atoms with Crippen molar-refractivity contribution in [1.29, 1.82) is 0 Å². The standard InChI is InChI=1S/C11H14Cl2N2S/c1-3-14-11(16)15-7(2)9-5-4-8(12)6-10(9)13/h4-7H,3H2,1-2H3,(H2,14,15,16). The fourth-order valence-corrected chi connectivity index (χ4v) is 2.23. The third-order valence-corrected chi connectivity index (χ3v) is 2.94. The van der Waals surface area contributed by atoms with Crippen molar-refractivity contribution in [3.8, 4) is 0 Å². The zero-order valence-electron chi connectivity index (χ0n) is 9.18. The minimum Gasteiger partial charge on any atom is -0.363 e. The molecule has 0 radical (unpaired) electrons. The summed E-state index contributed by atoms with van der Waals surface area (Å²) in [6.45, 7) is 4.79. The number of hydrogen-bond donors (Lipinski definition) is 2. The third-order valence-electron chi connectivity index (χ3n) is 2.11. The Bertz CT molecular complexity index is 382. The minimum absolute atomic E-state index is 0.0521. The highest BCUT2D eigenvalue weighted by Crippen LogP contribution is 2.25. The fourth-order valence-electron chi connectivity index (χ4n) is 1.34. The van der Waals surface area contributed by atoms with Gasteiger partial charge in [0.05, 0.1) is 6.04 Å². The molecule has 0 amide bonds. The lowest BCUT2D eigenvalue weighted by Gasteiger charge is -2.18. The van der Waals surface area contributed by atoms with Gasteiger partial charge in [-0.15, -0.1) is 0 Å². The first-order valence-electron chi connectivity index (χ1n) is 5.04. The topological polar surface area (TPSA) is 24.1 Å². The van der Waals surface area contributed by atoms with Gasteiger partial charge in [0.2, 0.25) is 0 Å². The molecule has 0 aliphatic carbocycles. The smallest absolute Gasteiger partial charge is 0.166 e. The van der Waals surface area contributed by atoms with E-state index in [9.17, 15) is 0 Å². The van der Waals surface area contributed by atoms with Crippen molar-refractivity contribution in [2.45, 2.75) is 19.9 Å². The molecule has 0 aromatic heterocycles. The first-order valence-corrected chi connectivity index (χ1v) is 6.20. The maximum atomic E-state index is 6.10. The van der Waals surface area contributed by atoms with Crippen LogP contribution in [0.1, 0.15) is 25.5 Å². The van der Waals surface area contributed by atoms with Crippen molar-refractivity contribution in [3.05, 3.63) is 33.8 Å². The lowest BCUT2D eigenvalue weighted by Crippen LogP contribution is -2.36. The van der Waals surface area contributed by atoms with E-state index in [1.165, 1.54) is 0 Å². The quantitative estimate of drug-likeness (QED) is 0.826. The van der Waals surface area contributed by atoms with E-state index in [2.05, 4.69) is 10.6 Å². The predicted octanol–water partition coefficient (Wildman–Crippen LogP) is 3.54. The molecule has 2 nitrogen and oxygen atoms in total. The van der Waals surface area contributed by atoms with Crippen LogP contribution >= 0.6 is 35.4 Å². The van der Waals surface area contributed by atoms with Crippen LogP contribution in [-0.2, 0) is 0 Å². The highest BCUT2D eigenvalue weighted by molar-refractivity contribution is 7.80. The molecule has 88 valence electrons. The van der Waals surface area contributed by atoms with Crippen molar-refractivity contribution >= 4 is 40.5 Å². The fraction of sp³-hybridized carbons (Fsp3) is 0.364. The number of rotatable bonds is 3. The summed E-state index contributed by atoms with van der Waals surface area (Å²) in [5.41, 5.74) is 0.978. The van der Waals surface area contributed by atoms with Crippen molar-refractivity contribution in [2.75, 3.05) is 6.54 Å². The Kier molecular flexibility index (Phi) is 5.32. The van der Waals surface area contributed by atoms with Crippen molar-refractivity contribution < 1.29 is 0 Å². The average Bonchev–Trinajstić information content (AvgIpc) is 2.17. The Morgan fingerprint density at radius 2 is 2.12 bits per heavy atom. The predicted molar refractivity (Wildman–Crippen MR) is 74.3 cm³/mol. The van der Waals surface area contributed by atoms with E-state index >= 15 is 0 Å². The van der Waals surface area contributed by atoms with E-state index < -0.39 is 0 Å². The molecule has 1 aromatic rings. The zero-order chi connectivity index (χ0) is 12.1. The van der Waals surface area contributed by atoms with Gasteiger partial charge in [0, 0.05) is 16.6 Å². The molecular formula is C11H14Cl2N2S. The highest BCUT2D eigenvalue weighted by Gasteiger charge is 2.10. The van der Waals surface area contributed by atoms with Crippen LogP contribution in [0.5, 0.6) is 0 Å². The lowest BCUT2D eigenvalue weighted by atomic mass is 10.1. The van der Waals surface area contributed by atoms with Gasteiger partial charge in [-0.25, -0.2) is 0 Å². The minimum atomic E-state index is 0.0521. The van der Waals surface area contributed by atoms with Gasteiger partial charge in [-0.05, 0) is 43.8 Å². The summed E-state index contributed by atoms with van der Waals surface area (Å²) in [6, 6.07) is 5.50. The van der Waals surface area contributed by atoms with Crippen LogP contribution in [0, 0.1) is 0 Å². The molecule has 0 fully saturated rings. The summed E-state index contributed by atoms with van der Waals surface area (Å²) < 4.78 is 0. The van der Waals surface area contributed by atoms with Gasteiger partial charge in [0.15, 0.2) is 5.11 Å². The summed E-state index contributed by atoms with van der Waals surface area (Å²) >= 11 is 17.0. The van der Waals surface area contributed by atoms with Crippen LogP contribution in [0.3, 0.4) is 0 Å². The Balaban J connectivity index is 2.72. The summed E-state index contributed by atoms with van der Waals surface area (Å²) in [5.74, 6) is 0. The van der Waals surface area contributed by atoms with Gasteiger partial charge in [0.1, 0.15) is 0 Å². The molecule has 0 aliphatic rings. The number of halogens is 2. The summed E-state index contributed by atoms with van der Waals surface area (Å²) in [5, 5.41) is 8.08. The van der Waals surface area contributed by atoms with E-state index in [0.717, 1.165) is 12.1 Å². The largest absolute Gasteiger partial charge is 0.363 e. The zero-order valence-corrected chi connectivity index (χ0v) is 11.5.